The van der Waals surface area contributed by atoms with E-state index in [1.54, 1.807) is 24.3 Å². The maximum absolute atomic E-state index is 11.3. The Morgan fingerprint density at radius 1 is 1.26 bits per heavy atom. The third kappa shape index (κ3) is 2.32. The predicted octanol–water partition coefficient (Wildman–Crippen LogP) is 3.69. The van der Waals surface area contributed by atoms with E-state index < -0.39 is 0 Å². The van der Waals surface area contributed by atoms with Crippen LogP contribution < -0.4 is 4.74 Å². The van der Waals surface area contributed by atoms with Gasteiger partial charge >= 0.3 is 0 Å². The molecule has 0 fully saturated rings. The zero-order valence-corrected chi connectivity index (χ0v) is 11.0. The molecule has 0 atom stereocenters. The lowest BCUT2D eigenvalue weighted by Crippen LogP contribution is -1.94. The Morgan fingerprint density at radius 3 is 3.00 bits per heavy atom. The molecule has 1 aromatic carbocycles. The highest BCUT2D eigenvalue weighted by atomic mass is 32.1. The fourth-order valence-corrected chi connectivity index (χ4v) is 2.50. The molecule has 2 heterocycles. The first kappa shape index (κ1) is 11.8. The van der Waals surface area contributed by atoms with Crippen LogP contribution in [0.1, 0.15) is 17.3 Å². The summed E-state index contributed by atoms with van der Waals surface area (Å²) in [6.45, 7) is 1.53. The lowest BCUT2D eigenvalue weighted by Gasteiger charge is -2.06. The topological polar surface area (TPSA) is 52.1 Å². The monoisotopic (exact) mass is 270 g/mol. The van der Waals surface area contributed by atoms with Crippen molar-refractivity contribution in [2.75, 3.05) is 0 Å². The third-order valence-electron chi connectivity index (χ3n) is 2.67. The van der Waals surface area contributed by atoms with Crippen molar-refractivity contribution in [3.8, 4) is 11.6 Å². The van der Waals surface area contributed by atoms with Crippen molar-refractivity contribution in [1.29, 1.82) is 0 Å². The lowest BCUT2D eigenvalue weighted by molar-refractivity contribution is 0.101. The molecule has 0 aliphatic carbocycles. The SMILES string of the molecule is CC(=O)c1cccc(Oc2ncnc3ccsc23)c1. The van der Waals surface area contributed by atoms with Gasteiger partial charge in [0, 0.05) is 5.56 Å². The smallest absolute Gasteiger partial charge is 0.240 e. The Labute approximate surface area is 113 Å². The Kier molecular flexibility index (Phi) is 2.97. The predicted molar refractivity (Wildman–Crippen MR) is 73.9 cm³/mol. The number of rotatable bonds is 3. The summed E-state index contributed by atoms with van der Waals surface area (Å²) in [5, 5.41) is 1.94. The second kappa shape index (κ2) is 4.78. The fraction of sp³-hybridized carbons (Fsp3) is 0.0714. The largest absolute Gasteiger partial charge is 0.437 e. The minimum absolute atomic E-state index is 0.00871. The van der Waals surface area contributed by atoms with E-state index in [0.717, 1.165) is 10.2 Å². The average molecular weight is 270 g/mol. The highest BCUT2D eigenvalue weighted by Crippen LogP contribution is 2.30. The van der Waals surface area contributed by atoms with Gasteiger partial charge in [-0.3, -0.25) is 4.79 Å². The maximum atomic E-state index is 11.3. The van der Waals surface area contributed by atoms with Gasteiger partial charge in [-0.2, -0.15) is 0 Å². The van der Waals surface area contributed by atoms with Crippen molar-refractivity contribution in [3.05, 3.63) is 47.6 Å². The minimum Gasteiger partial charge on any atom is -0.437 e. The number of Topliss-reactive ketones (excluding diaryl/α,β-unsaturated/α-hetero) is 1. The standard InChI is InChI=1S/C14H10N2O2S/c1-9(17)10-3-2-4-11(7-10)18-14-13-12(5-6-19-13)15-8-16-14/h2-8H,1H3. The molecule has 0 radical (unpaired) electrons. The lowest BCUT2D eigenvalue weighted by atomic mass is 10.1. The van der Waals surface area contributed by atoms with Crippen LogP contribution in [0.3, 0.4) is 0 Å². The van der Waals surface area contributed by atoms with Crippen molar-refractivity contribution in [2.45, 2.75) is 6.92 Å². The van der Waals surface area contributed by atoms with Crippen LogP contribution in [0, 0.1) is 0 Å². The van der Waals surface area contributed by atoms with E-state index in [0.29, 0.717) is 17.2 Å². The number of carbonyl (C=O) groups is 1. The van der Waals surface area contributed by atoms with Crippen LogP contribution >= 0.6 is 11.3 Å². The number of hydrogen-bond acceptors (Lipinski definition) is 5. The first-order valence-electron chi connectivity index (χ1n) is 5.71. The molecule has 0 bridgehead atoms. The maximum Gasteiger partial charge on any atom is 0.240 e. The van der Waals surface area contributed by atoms with Gasteiger partial charge in [-0.05, 0) is 30.5 Å². The zero-order chi connectivity index (χ0) is 13.2. The molecule has 0 N–H and O–H groups in total. The van der Waals surface area contributed by atoms with Crippen molar-refractivity contribution in [2.24, 2.45) is 0 Å². The fourth-order valence-electron chi connectivity index (χ4n) is 1.73. The Balaban J connectivity index is 1.99. The summed E-state index contributed by atoms with van der Waals surface area (Å²) < 4.78 is 6.65. The van der Waals surface area contributed by atoms with E-state index >= 15 is 0 Å². The van der Waals surface area contributed by atoms with Crippen molar-refractivity contribution >= 4 is 27.3 Å². The highest BCUT2D eigenvalue weighted by molar-refractivity contribution is 7.17. The van der Waals surface area contributed by atoms with Crippen molar-refractivity contribution in [1.82, 2.24) is 9.97 Å². The molecule has 0 aliphatic heterocycles. The van der Waals surface area contributed by atoms with Crippen LogP contribution in [-0.4, -0.2) is 15.8 Å². The first-order valence-corrected chi connectivity index (χ1v) is 6.59. The summed E-state index contributed by atoms with van der Waals surface area (Å²) in [7, 11) is 0. The van der Waals surface area contributed by atoms with Crippen molar-refractivity contribution in [3.63, 3.8) is 0 Å². The van der Waals surface area contributed by atoms with Gasteiger partial charge < -0.3 is 4.74 Å². The van der Waals surface area contributed by atoms with Gasteiger partial charge in [0.15, 0.2) is 5.78 Å². The molecule has 5 heteroatoms. The van der Waals surface area contributed by atoms with E-state index in [2.05, 4.69) is 9.97 Å². The molecule has 2 aromatic heterocycles. The molecule has 19 heavy (non-hydrogen) atoms. The van der Waals surface area contributed by atoms with E-state index in [9.17, 15) is 4.79 Å². The van der Waals surface area contributed by atoms with Crippen LogP contribution in [0.4, 0.5) is 0 Å². The summed E-state index contributed by atoms with van der Waals surface area (Å²) in [6.07, 6.45) is 1.47. The molecule has 3 rings (SSSR count). The molecular formula is C14H10N2O2S. The van der Waals surface area contributed by atoms with E-state index in [-0.39, 0.29) is 5.78 Å². The van der Waals surface area contributed by atoms with E-state index in [4.69, 9.17) is 4.74 Å². The number of carbonyl (C=O) groups excluding carboxylic acids is 1. The molecule has 0 aliphatic rings. The minimum atomic E-state index is 0.00871. The molecule has 0 saturated heterocycles. The average Bonchev–Trinajstić information content (AvgIpc) is 2.88. The second-order valence-electron chi connectivity index (χ2n) is 4.00. The van der Waals surface area contributed by atoms with Gasteiger partial charge in [-0.25, -0.2) is 9.97 Å². The summed E-state index contributed by atoms with van der Waals surface area (Å²) >= 11 is 1.53. The second-order valence-corrected chi connectivity index (χ2v) is 4.92. The molecule has 0 unspecified atom stereocenters. The number of hydrogen-bond donors (Lipinski definition) is 0. The Hall–Kier alpha value is -2.27. The van der Waals surface area contributed by atoms with Crippen LogP contribution in [0.2, 0.25) is 0 Å². The molecular weight excluding hydrogens is 260 g/mol. The molecule has 0 saturated carbocycles. The number of ketones is 1. The van der Waals surface area contributed by atoms with Crippen LogP contribution in [0.15, 0.2) is 42.0 Å². The van der Waals surface area contributed by atoms with Crippen LogP contribution in [0.25, 0.3) is 10.2 Å². The quantitative estimate of drug-likeness (QED) is 0.681. The number of nitrogens with zero attached hydrogens (tertiary/aromatic N) is 2. The molecule has 4 nitrogen and oxygen atoms in total. The van der Waals surface area contributed by atoms with Gasteiger partial charge in [0.2, 0.25) is 5.88 Å². The normalized spacial score (nSPS) is 10.6. The van der Waals surface area contributed by atoms with E-state index in [1.807, 2.05) is 11.4 Å². The van der Waals surface area contributed by atoms with Gasteiger partial charge in [0.1, 0.15) is 16.8 Å². The number of aromatic nitrogens is 2. The van der Waals surface area contributed by atoms with Gasteiger partial charge in [-0.1, -0.05) is 12.1 Å². The summed E-state index contributed by atoms with van der Waals surface area (Å²) in [6, 6.07) is 8.98. The number of fused-ring (bicyclic) bond motifs is 1. The van der Waals surface area contributed by atoms with E-state index in [1.165, 1.54) is 24.6 Å². The van der Waals surface area contributed by atoms with Crippen molar-refractivity contribution < 1.29 is 9.53 Å². The summed E-state index contributed by atoms with van der Waals surface area (Å²) in [5.74, 6) is 1.12. The third-order valence-corrected chi connectivity index (χ3v) is 3.56. The summed E-state index contributed by atoms with van der Waals surface area (Å²) in [4.78, 5) is 19.6. The van der Waals surface area contributed by atoms with Gasteiger partial charge in [0.25, 0.3) is 0 Å². The molecule has 3 aromatic rings. The van der Waals surface area contributed by atoms with Crippen LogP contribution in [0.5, 0.6) is 11.6 Å². The Morgan fingerprint density at radius 2 is 2.16 bits per heavy atom. The first-order chi connectivity index (χ1) is 9.24. The number of thiophene rings is 1. The number of benzene rings is 1. The zero-order valence-electron chi connectivity index (χ0n) is 10.2. The molecule has 0 spiro atoms. The molecule has 94 valence electrons. The Bertz CT molecular complexity index is 752. The molecule has 0 amide bonds. The number of ether oxygens (including phenoxy) is 1. The summed E-state index contributed by atoms with van der Waals surface area (Å²) in [5.41, 5.74) is 1.48. The van der Waals surface area contributed by atoms with Gasteiger partial charge in [0.05, 0.1) is 5.52 Å². The highest BCUT2D eigenvalue weighted by Gasteiger charge is 2.08. The van der Waals surface area contributed by atoms with Crippen LogP contribution in [-0.2, 0) is 0 Å². The van der Waals surface area contributed by atoms with Gasteiger partial charge in [-0.15, -0.1) is 11.3 Å².